The fourth-order valence-electron chi connectivity index (χ4n) is 14.3. The van der Waals surface area contributed by atoms with Crippen LogP contribution in [0.4, 0.5) is 0 Å². The van der Waals surface area contributed by atoms with Gasteiger partial charge in [0.15, 0.2) is 29.8 Å². The van der Waals surface area contributed by atoms with Crippen LogP contribution in [0.15, 0.2) is 280 Å². The maximum absolute atomic E-state index is 6.35. The number of aromatic nitrogens is 9. The van der Waals surface area contributed by atoms with Crippen LogP contribution in [0.2, 0.25) is 0 Å². The molecule has 8 aromatic carbocycles. The lowest BCUT2D eigenvalue weighted by Crippen LogP contribution is -2.31. The number of fused-ring (bicyclic) bond motifs is 16. The van der Waals surface area contributed by atoms with Gasteiger partial charge in [-0.05, 0) is 140 Å². The van der Waals surface area contributed by atoms with Gasteiger partial charge in [0.25, 0.3) is 6.33 Å². The van der Waals surface area contributed by atoms with Gasteiger partial charge in [-0.2, -0.15) is 0 Å². The molecule has 0 aliphatic rings. The Labute approximate surface area is 574 Å². The first-order valence-corrected chi connectivity index (χ1v) is 33.4. The van der Waals surface area contributed by atoms with Crippen molar-refractivity contribution in [2.24, 2.45) is 28.2 Å². The van der Waals surface area contributed by atoms with E-state index in [2.05, 4.69) is 236 Å². The number of para-hydroxylation sites is 2. The molecule has 12 heterocycles. The summed E-state index contributed by atoms with van der Waals surface area (Å²) in [5.74, 6) is 0. The Bertz CT molecular complexity index is 5880. The zero-order valence-electron chi connectivity index (χ0n) is 56.5. The van der Waals surface area contributed by atoms with E-state index in [1.807, 2.05) is 116 Å². The van der Waals surface area contributed by atoms with E-state index in [0.717, 1.165) is 176 Å². The normalized spacial score (nSPS) is 11.6. The maximum atomic E-state index is 6.35. The molecule has 0 unspecified atom stereocenters. The van der Waals surface area contributed by atoms with E-state index in [9.17, 15) is 0 Å². The Morgan fingerprint density at radius 1 is 0.300 bits per heavy atom. The molecule has 0 fully saturated rings. The fourth-order valence-corrected chi connectivity index (χ4v) is 14.3. The summed E-state index contributed by atoms with van der Waals surface area (Å²) in [6.07, 6.45) is 15.4. The van der Waals surface area contributed by atoms with Gasteiger partial charge in [0, 0.05) is 120 Å². The molecule has 0 amide bonds. The smallest absolute Gasteiger partial charge is 0.286 e. The summed E-state index contributed by atoms with van der Waals surface area (Å²) >= 11 is 0. The van der Waals surface area contributed by atoms with Gasteiger partial charge in [-0.1, -0.05) is 89.9 Å². The quantitative estimate of drug-likeness (QED) is 0.158. The van der Waals surface area contributed by atoms with Gasteiger partial charge in [-0.3, -0.25) is 9.97 Å². The summed E-state index contributed by atoms with van der Waals surface area (Å²) in [6.45, 7) is 8.49. The standard InChI is InChI=1S/3C22H17N2O.C21H16N3O/c1-14-8-9-16-17-13-18-15(6-5-10-23-18)12-20(17)25-22(16)21(14)19-7-3-4-11-24(19)2;1-14-10-11-16-21-19(13-15-7-3-4-8-17(15)23-21)25-22(16)20(14)18-9-5-6-12-24(18)2;1-14-6-7-17-18-11-16-13-23-9-8-15(16)12-20(18)25-22(17)21(14)19-5-3-4-10-24(19)2;1-13-7-8-15-16-11-14-5-3-4-6-17(14)23-21(16)25-20(15)19(13)18-9-10-22-12-24(18)2/h3*3-13H,1-2H3;3-12H,1-2H3/q4*+1. The van der Waals surface area contributed by atoms with E-state index in [4.69, 9.17) is 27.6 Å². The molecule has 0 saturated carbocycles. The Hall–Kier alpha value is -12.9. The first-order chi connectivity index (χ1) is 48.9. The molecule has 0 N–H and O–H groups in total. The molecule has 0 aliphatic heterocycles. The first kappa shape index (κ1) is 60.8. The molecule has 12 aromatic heterocycles. The third-order valence-corrected chi connectivity index (χ3v) is 19.4. The second kappa shape index (κ2) is 24.6. The average molecular weight is 1300 g/mol. The maximum Gasteiger partial charge on any atom is 0.286 e. The topological polar surface area (TPSA) is 133 Å². The van der Waals surface area contributed by atoms with Gasteiger partial charge in [-0.15, -0.1) is 0 Å². The van der Waals surface area contributed by atoms with Crippen molar-refractivity contribution in [3.05, 3.63) is 284 Å². The zero-order valence-corrected chi connectivity index (χ0v) is 56.5. The highest BCUT2D eigenvalue weighted by Crippen LogP contribution is 2.42. The van der Waals surface area contributed by atoms with Crippen LogP contribution in [-0.4, -0.2) is 24.9 Å². The third kappa shape index (κ3) is 10.5. The lowest BCUT2D eigenvalue weighted by atomic mass is 10.00. The van der Waals surface area contributed by atoms with Crippen LogP contribution in [0.25, 0.3) is 177 Å². The number of rotatable bonds is 4. The van der Waals surface area contributed by atoms with Crippen molar-refractivity contribution in [2.75, 3.05) is 0 Å². The van der Waals surface area contributed by atoms with Crippen LogP contribution in [0, 0.1) is 27.7 Å². The van der Waals surface area contributed by atoms with Crippen LogP contribution in [0.1, 0.15) is 22.3 Å². The van der Waals surface area contributed by atoms with Gasteiger partial charge in [0.2, 0.25) is 22.8 Å². The van der Waals surface area contributed by atoms with Crippen LogP contribution in [0.3, 0.4) is 0 Å². The summed E-state index contributed by atoms with van der Waals surface area (Å²) in [4.78, 5) is 22.5. The minimum absolute atomic E-state index is 0.678. The second-order valence-corrected chi connectivity index (χ2v) is 25.8. The monoisotopic (exact) mass is 1300 g/mol. The average Bonchev–Trinajstić information content (AvgIpc) is 1.60. The number of hydrogen-bond acceptors (Lipinski definition) is 9. The predicted octanol–water partition coefficient (Wildman–Crippen LogP) is 19.1. The van der Waals surface area contributed by atoms with Crippen LogP contribution in [0.5, 0.6) is 0 Å². The SMILES string of the molecule is Cc1ccc2c(oc3cc4ccccc4nc32)c1-c1cccc[n+]1C.Cc1ccc2c(oc3cc4cccnc4cc32)c1-c1cccc[n+]1C.Cc1ccc2c(oc3cc4ccncc4cc32)c1-c1cccc[n+]1C.Cc1ccc2c(oc3nc4ccccc4cc32)c1-c1ccnc[n+]1C. The van der Waals surface area contributed by atoms with E-state index < -0.39 is 0 Å². The second-order valence-electron chi connectivity index (χ2n) is 25.8. The summed E-state index contributed by atoms with van der Waals surface area (Å²) < 4.78 is 33.6. The minimum atomic E-state index is 0.678. The van der Waals surface area contributed by atoms with Gasteiger partial charge >= 0.3 is 0 Å². The molecule has 20 rings (SSSR count). The van der Waals surface area contributed by atoms with Crippen molar-refractivity contribution in [1.29, 1.82) is 0 Å². The molecule has 0 bridgehead atoms. The largest absolute Gasteiger partial charge is 0.455 e. The lowest BCUT2D eigenvalue weighted by Gasteiger charge is -2.06. The Balaban J connectivity index is 0.0000000997. The Kier molecular flexibility index (Phi) is 15.0. The predicted molar refractivity (Wildman–Crippen MR) is 399 cm³/mol. The highest BCUT2D eigenvalue weighted by atomic mass is 16.3. The van der Waals surface area contributed by atoms with Crippen molar-refractivity contribution >= 4 is 131 Å². The highest BCUT2D eigenvalue weighted by molar-refractivity contribution is 6.16. The summed E-state index contributed by atoms with van der Waals surface area (Å²) in [7, 11) is 8.18. The molecule has 13 heteroatoms. The van der Waals surface area contributed by atoms with E-state index in [0.29, 0.717) is 5.71 Å². The van der Waals surface area contributed by atoms with Crippen LogP contribution >= 0.6 is 0 Å². The molecule has 480 valence electrons. The van der Waals surface area contributed by atoms with E-state index in [1.54, 1.807) is 0 Å². The van der Waals surface area contributed by atoms with E-state index >= 15 is 0 Å². The van der Waals surface area contributed by atoms with Crippen molar-refractivity contribution in [1.82, 2.24) is 24.9 Å². The van der Waals surface area contributed by atoms with Gasteiger partial charge < -0.3 is 17.7 Å². The third-order valence-electron chi connectivity index (χ3n) is 19.4. The van der Waals surface area contributed by atoms with Crippen LogP contribution < -0.4 is 18.3 Å². The lowest BCUT2D eigenvalue weighted by molar-refractivity contribution is -0.663. The van der Waals surface area contributed by atoms with Gasteiger partial charge in [0.05, 0.1) is 45.9 Å². The molecule has 100 heavy (non-hydrogen) atoms. The van der Waals surface area contributed by atoms with E-state index in [-0.39, 0.29) is 0 Å². The first-order valence-electron chi connectivity index (χ1n) is 33.4. The number of benzene rings is 8. The number of aryl methyl sites for hydroxylation is 8. The molecule has 20 aromatic rings. The summed E-state index contributed by atoms with van der Waals surface area (Å²) in [6, 6.07) is 72.9. The highest BCUT2D eigenvalue weighted by Gasteiger charge is 2.25. The number of furan rings is 4. The van der Waals surface area contributed by atoms with Crippen molar-refractivity contribution in [3.8, 4) is 45.0 Å². The molecular weight excluding hydrogens is 1240 g/mol. The number of nitrogens with zero attached hydrogens (tertiary/aromatic N) is 9. The van der Waals surface area contributed by atoms with Gasteiger partial charge in [0.1, 0.15) is 66.5 Å². The Morgan fingerprint density at radius 3 is 1.33 bits per heavy atom. The summed E-state index contributed by atoms with van der Waals surface area (Å²) in [5, 5.41) is 13.3. The zero-order chi connectivity index (χ0) is 67.9. The van der Waals surface area contributed by atoms with Crippen molar-refractivity contribution in [2.45, 2.75) is 27.7 Å². The number of pyridine rings is 7. The van der Waals surface area contributed by atoms with E-state index in [1.165, 1.54) is 16.7 Å². The molecule has 0 saturated heterocycles. The number of hydrogen-bond donors (Lipinski definition) is 0. The van der Waals surface area contributed by atoms with Crippen molar-refractivity contribution in [3.63, 3.8) is 0 Å². The van der Waals surface area contributed by atoms with Gasteiger partial charge in [-0.25, -0.2) is 28.2 Å². The Morgan fingerprint density at radius 2 is 0.740 bits per heavy atom. The molecule has 0 aliphatic carbocycles. The minimum Gasteiger partial charge on any atom is -0.455 e. The molecular formula is C87H67N9O4+4. The molecule has 13 nitrogen and oxygen atoms in total. The molecule has 0 spiro atoms. The van der Waals surface area contributed by atoms with Crippen LogP contribution in [-0.2, 0) is 28.2 Å². The fraction of sp³-hybridized carbons (Fsp3) is 0.0920. The summed E-state index contributed by atoms with van der Waals surface area (Å²) in [5.41, 5.74) is 24.6. The van der Waals surface area contributed by atoms with Crippen molar-refractivity contribution < 1.29 is 35.9 Å². The molecule has 0 radical (unpaired) electrons. The molecule has 0 atom stereocenters.